The molecule has 2 N–H and O–H groups in total. The average molecular weight is 197 g/mol. The van der Waals surface area contributed by atoms with E-state index in [0.29, 0.717) is 19.0 Å². The number of nitrogens with one attached hydrogen (secondary N) is 1. The van der Waals surface area contributed by atoms with Crippen LogP contribution in [0, 0.1) is 0 Å². The van der Waals surface area contributed by atoms with E-state index in [1.165, 1.54) is 7.11 Å². The predicted octanol–water partition coefficient (Wildman–Crippen LogP) is 1.09. The van der Waals surface area contributed by atoms with Gasteiger partial charge < -0.3 is 14.6 Å². The lowest BCUT2D eigenvalue weighted by Gasteiger charge is -2.07. The fourth-order valence-electron chi connectivity index (χ4n) is 1.13. The van der Waals surface area contributed by atoms with E-state index in [4.69, 9.17) is 9.47 Å². The van der Waals surface area contributed by atoms with Crippen molar-refractivity contribution in [3.63, 3.8) is 0 Å². The number of phenols is 1. The first kappa shape index (κ1) is 10.8. The van der Waals surface area contributed by atoms with Gasteiger partial charge >= 0.3 is 0 Å². The van der Waals surface area contributed by atoms with Crippen molar-refractivity contribution in [2.24, 2.45) is 0 Å². The summed E-state index contributed by atoms with van der Waals surface area (Å²) in [5.74, 6) is 0.643. The van der Waals surface area contributed by atoms with Gasteiger partial charge in [0.25, 0.3) is 0 Å². The molecule has 4 heteroatoms. The molecule has 0 bridgehead atoms. The van der Waals surface area contributed by atoms with Crippen molar-refractivity contribution in [2.75, 3.05) is 21.0 Å². The fourth-order valence-corrected chi connectivity index (χ4v) is 1.13. The lowest BCUT2D eigenvalue weighted by molar-refractivity contribution is 0.174. The first-order valence-electron chi connectivity index (χ1n) is 4.33. The van der Waals surface area contributed by atoms with Gasteiger partial charge in [-0.1, -0.05) is 6.07 Å². The van der Waals surface area contributed by atoms with Crippen molar-refractivity contribution >= 4 is 0 Å². The molecule has 0 radical (unpaired) electrons. The predicted molar refractivity (Wildman–Crippen MR) is 53.4 cm³/mol. The maximum Gasteiger partial charge on any atom is 0.160 e. The van der Waals surface area contributed by atoms with Crippen molar-refractivity contribution in [3.05, 3.63) is 23.8 Å². The molecule has 1 rings (SSSR count). The molecule has 0 spiro atoms. The molecular weight excluding hydrogens is 182 g/mol. The van der Waals surface area contributed by atoms with Crippen molar-refractivity contribution < 1.29 is 14.6 Å². The molecule has 0 heterocycles. The van der Waals surface area contributed by atoms with Gasteiger partial charge in [-0.25, -0.2) is 0 Å². The molecule has 0 unspecified atom stereocenters. The zero-order chi connectivity index (χ0) is 10.4. The zero-order valence-corrected chi connectivity index (χ0v) is 8.41. The van der Waals surface area contributed by atoms with Crippen LogP contribution in [0.25, 0.3) is 0 Å². The summed E-state index contributed by atoms with van der Waals surface area (Å²) in [7, 11) is 3.16. The monoisotopic (exact) mass is 197 g/mol. The lowest BCUT2D eigenvalue weighted by Crippen LogP contribution is -2.15. The summed E-state index contributed by atoms with van der Waals surface area (Å²) in [4.78, 5) is 0. The van der Waals surface area contributed by atoms with E-state index in [-0.39, 0.29) is 5.75 Å². The number of rotatable bonds is 5. The quantitative estimate of drug-likeness (QED) is 0.548. The average Bonchev–Trinajstić information content (AvgIpc) is 2.21. The molecule has 0 aliphatic carbocycles. The first-order valence-corrected chi connectivity index (χ1v) is 4.33. The van der Waals surface area contributed by atoms with Crippen LogP contribution in [0.4, 0.5) is 0 Å². The van der Waals surface area contributed by atoms with Gasteiger partial charge in [-0.05, 0) is 17.7 Å². The van der Waals surface area contributed by atoms with Crippen LogP contribution < -0.4 is 10.1 Å². The second-order valence-corrected chi connectivity index (χ2v) is 2.87. The largest absolute Gasteiger partial charge is 0.504 e. The Balaban J connectivity index is 2.60. The zero-order valence-electron chi connectivity index (χ0n) is 8.41. The number of hydrogen-bond acceptors (Lipinski definition) is 4. The van der Waals surface area contributed by atoms with Gasteiger partial charge in [0, 0.05) is 13.7 Å². The van der Waals surface area contributed by atoms with Gasteiger partial charge in [-0.2, -0.15) is 0 Å². The Bertz CT molecular complexity index is 289. The highest BCUT2D eigenvalue weighted by Crippen LogP contribution is 2.25. The number of methoxy groups -OCH3 is 2. The Hall–Kier alpha value is -1.26. The molecule has 1 aromatic carbocycles. The molecule has 4 nitrogen and oxygen atoms in total. The number of phenolic OH excluding ortho intramolecular Hbond substituents is 1. The maximum absolute atomic E-state index is 9.34. The van der Waals surface area contributed by atoms with Gasteiger partial charge in [0.15, 0.2) is 11.5 Å². The molecule has 1 aromatic rings. The molecular formula is C10H15NO3. The summed E-state index contributed by atoms with van der Waals surface area (Å²) < 4.78 is 9.84. The third kappa shape index (κ3) is 2.90. The topological polar surface area (TPSA) is 50.7 Å². The third-order valence-electron chi connectivity index (χ3n) is 1.82. The van der Waals surface area contributed by atoms with Gasteiger partial charge in [0.2, 0.25) is 0 Å². The normalized spacial score (nSPS) is 10.1. The van der Waals surface area contributed by atoms with Gasteiger partial charge in [0.1, 0.15) is 0 Å². The third-order valence-corrected chi connectivity index (χ3v) is 1.82. The summed E-state index contributed by atoms with van der Waals surface area (Å²) in [6, 6.07) is 5.24. The highest BCUT2D eigenvalue weighted by molar-refractivity contribution is 5.41. The Labute approximate surface area is 83.5 Å². The van der Waals surface area contributed by atoms with Crippen LogP contribution in [0.5, 0.6) is 11.5 Å². The maximum atomic E-state index is 9.34. The molecule has 0 fully saturated rings. The van der Waals surface area contributed by atoms with E-state index in [2.05, 4.69) is 5.32 Å². The number of hydrogen-bond donors (Lipinski definition) is 2. The Morgan fingerprint density at radius 3 is 2.79 bits per heavy atom. The van der Waals surface area contributed by atoms with Crippen LogP contribution in [-0.2, 0) is 11.3 Å². The minimum atomic E-state index is 0.156. The highest BCUT2D eigenvalue weighted by Gasteiger charge is 2.01. The summed E-state index contributed by atoms with van der Waals surface area (Å²) >= 11 is 0. The SMILES string of the molecule is COCNCc1ccc(O)c(OC)c1. The Morgan fingerprint density at radius 1 is 1.36 bits per heavy atom. The van der Waals surface area contributed by atoms with Crippen molar-refractivity contribution in [2.45, 2.75) is 6.54 Å². The second-order valence-electron chi connectivity index (χ2n) is 2.87. The fraction of sp³-hybridized carbons (Fsp3) is 0.400. The van der Waals surface area contributed by atoms with Crippen LogP contribution in [0.2, 0.25) is 0 Å². The molecule has 0 amide bonds. The Kier molecular flexibility index (Phi) is 4.22. The lowest BCUT2D eigenvalue weighted by atomic mass is 10.2. The highest BCUT2D eigenvalue weighted by atomic mass is 16.5. The number of benzene rings is 1. The Morgan fingerprint density at radius 2 is 2.14 bits per heavy atom. The van der Waals surface area contributed by atoms with E-state index in [1.807, 2.05) is 6.07 Å². The van der Waals surface area contributed by atoms with Crippen LogP contribution in [0.3, 0.4) is 0 Å². The standard InChI is InChI=1S/C10H15NO3/c1-13-7-11-6-8-3-4-9(12)10(5-8)14-2/h3-5,11-12H,6-7H2,1-2H3. The molecule has 0 saturated heterocycles. The molecule has 0 saturated carbocycles. The van der Waals surface area contributed by atoms with Crippen LogP contribution in [-0.4, -0.2) is 26.1 Å². The van der Waals surface area contributed by atoms with Crippen molar-refractivity contribution in [1.82, 2.24) is 5.32 Å². The van der Waals surface area contributed by atoms with Gasteiger partial charge in [0.05, 0.1) is 13.8 Å². The first-order chi connectivity index (χ1) is 6.77. The van der Waals surface area contributed by atoms with Crippen LogP contribution >= 0.6 is 0 Å². The summed E-state index contributed by atoms with van der Waals surface area (Å²) in [6.07, 6.45) is 0. The van der Waals surface area contributed by atoms with Gasteiger partial charge in [-0.3, -0.25) is 5.32 Å². The molecule has 0 atom stereocenters. The van der Waals surface area contributed by atoms with Crippen molar-refractivity contribution in [3.8, 4) is 11.5 Å². The molecule has 0 aromatic heterocycles. The number of aromatic hydroxyl groups is 1. The summed E-state index contributed by atoms with van der Waals surface area (Å²) in [6.45, 7) is 1.19. The van der Waals surface area contributed by atoms with E-state index in [1.54, 1.807) is 19.2 Å². The number of ether oxygens (including phenoxy) is 2. The summed E-state index contributed by atoms with van der Waals surface area (Å²) in [5.41, 5.74) is 1.04. The molecule has 14 heavy (non-hydrogen) atoms. The smallest absolute Gasteiger partial charge is 0.160 e. The molecule has 0 aliphatic heterocycles. The van der Waals surface area contributed by atoms with Gasteiger partial charge in [-0.15, -0.1) is 0 Å². The van der Waals surface area contributed by atoms with Crippen molar-refractivity contribution in [1.29, 1.82) is 0 Å². The van der Waals surface area contributed by atoms with E-state index in [0.717, 1.165) is 5.56 Å². The van der Waals surface area contributed by atoms with E-state index in [9.17, 15) is 5.11 Å². The second kappa shape index (κ2) is 5.47. The molecule has 0 aliphatic rings. The minimum Gasteiger partial charge on any atom is -0.504 e. The minimum absolute atomic E-state index is 0.156. The molecule has 78 valence electrons. The van der Waals surface area contributed by atoms with E-state index >= 15 is 0 Å². The summed E-state index contributed by atoms with van der Waals surface area (Å²) in [5, 5.41) is 12.4. The van der Waals surface area contributed by atoms with E-state index < -0.39 is 0 Å². The van der Waals surface area contributed by atoms with Crippen LogP contribution in [0.1, 0.15) is 5.56 Å². The van der Waals surface area contributed by atoms with Crippen LogP contribution in [0.15, 0.2) is 18.2 Å².